The highest BCUT2D eigenvalue weighted by atomic mass is 32.2. The van der Waals surface area contributed by atoms with E-state index in [4.69, 9.17) is 5.11 Å². The molecule has 1 aromatic rings. The van der Waals surface area contributed by atoms with Gasteiger partial charge < -0.3 is 10.4 Å². The molecule has 0 spiro atoms. The van der Waals surface area contributed by atoms with Crippen LogP contribution in [0.2, 0.25) is 0 Å². The Hall–Kier alpha value is -1.00. The summed E-state index contributed by atoms with van der Waals surface area (Å²) in [5, 5.41) is 11.7. The average Bonchev–Trinajstić information content (AvgIpc) is 2.36. The van der Waals surface area contributed by atoms with E-state index in [1.807, 2.05) is 38.1 Å². The van der Waals surface area contributed by atoms with Gasteiger partial charge in [-0.3, -0.25) is 4.79 Å². The molecule has 0 saturated heterocycles. The highest BCUT2D eigenvalue weighted by molar-refractivity contribution is 8.00. The molecule has 2 N–H and O–H groups in total. The highest BCUT2D eigenvalue weighted by Gasteiger charge is 2.06. The molecule has 1 amide bonds. The van der Waals surface area contributed by atoms with Gasteiger partial charge in [0.25, 0.3) is 0 Å². The Morgan fingerprint density at radius 3 is 2.83 bits per heavy atom. The molecular weight excluding hydrogens is 246 g/mol. The van der Waals surface area contributed by atoms with Gasteiger partial charge in [0, 0.05) is 18.0 Å². The molecule has 1 atom stereocenters. The normalized spacial score (nSPS) is 12.2. The number of aliphatic hydroxyl groups excluding tert-OH is 1. The summed E-state index contributed by atoms with van der Waals surface area (Å²) in [5.74, 6) is 0.812. The van der Waals surface area contributed by atoms with Crippen molar-refractivity contribution in [1.82, 2.24) is 5.32 Å². The molecular formula is C14H21NO2S. The number of carbonyl (C=O) groups is 1. The topological polar surface area (TPSA) is 49.3 Å². The number of aliphatic hydroxyl groups is 1. The lowest BCUT2D eigenvalue weighted by atomic mass is 10.1. The lowest BCUT2D eigenvalue weighted by Crippen LogP contribution is -2.30. The standard InChI is InChI=1S/C14H21NO2S/c1-11(7-8-16)9-15-14(17)10-18-13-6-4-3-5-12(13)2/h3-6,11,16H,7-10H2,1-2H3,(H,15,17). The predicted molar refractivity (Wildman–Crippen MR) is 75.8 cm³/mol. The molecule has 1 rings (SSSR count). The third kappa shape index (κ3) is 5.56. The summed E-state index contributed by atoms with van der Waals surface area (Å²) in [7, 11) is 0. The Morgan fingerprint density at radius 2 is 2.17 bits per heavy atom. The van der Waals surface area contributed by atoms with E-state index in [0.717, 1.165) is 11.3 Å². The zero-order valence-electron chi connectivity index (χ0n) is 11.0. The smallest absolute Gasteiger partial charge is 0.230 e. The SMILES string of the molecule is Cc1ccccc1SCC(=O)NCC(C)CCO. The van der Waals surface area contributed by atoms with E-state index in [2.05, 4.69) is 5.32 Å². The fraction of sp³-hybridized carbons (Fsp3) is 0.500. The zero-order chi connectivity index (χ0) is 13.4. The first-order valence-corrected chi connectivity index (χ1v) is 7.18. The molecule has 0 aliphatic carbocycles. The van der Waals surface area contributed by atoms with Crippen LogP contribution in [0.3, 0.4) is 0 Å². The number of benzene rings is 1. The van der Waals surface area contributed by atoms with Gasteiger partial charge in [0.1, 0.15) is 0 Å². The van der Waals surface area contributed by atoms with Crippen molar-refractivity contribution in [3.63, 3.8) is 0 Å². The lowest BCUT2D eigenvalue weighted by Gasteiger charge is -2.11. The summed E-state index contributed by atoms with van der Waals surface area (Å²) in [6, 6.07) is 8.05. The average molecular weight is 267 g/mol. The number of aryl methyl sites for hydroxylation is 1. The molecule has 1 aromatic carbocycles. The van der Waals surface area contributed by atoms with Crippen LogP contribution in [0.25, 0.3) is 0 Å². The van der Waals surface area contributed by atoms with E-state index >= 15 is 0 Å². The molecule has 0 heterocycles. The maximum atomic E-state index is 11.6. The second kappa shape index (κ2) is 8.16. The van der Waals surface area contributed by atoms with Crippen LogP contribution < -0.4 is 5.32 Å². The Morgan fingerprint density at radius 1 is 1.44 bits per heavy atom. The van der Waals surface area contributed by atoms with Gasteiger partial charge in [-0.15, -0.1) is 11.8 Å². The molecule has 0 aliphatic heterocycles. The minimum Gasteiger partial charge on any atom is -0.396 e. The predicted octanol–water partition coefficient (Wildman–Crippen LogP) is 2.22. The molecule has 0 aliphatic rings. The summed E-state index contributed by atoms with van der Waals surface area (Å²) in [6.45, 7) is 4.87. The van der Waals surface area contributed by atoms with E-state index in [0.29, 0.717) is 18.2 Å². The van der Waals surface area contributed by atoms with E-state index in [-0.39, 0.29) is 12.5 Å². The van der Waals surface area contributed by atoms with Gasteiger partial charge >= 0.3 is 0 Å². The third-order valence-electron chi connectivity index (χ3n) is 2.72. The van der Waals surface area contributed by atoms with Crippen LogP contribution >= 0.6 is 11.8 Å². The highest BCUT2D eigenvalue weighted by Crippen LogP contribution is 2.21. The van der Waals surface area contributed by atoms with Crippen molar-refractivity contribution in [2.75, 3.05) is 18.9 Å². The molecule has 1 unspecified atom stereocenters. The molecule has 0 radical (unpaired) electrons. The van der Waals surface area contributed by atoms with Crippen molar-refractivity contribution in [1.29, 1.82) is 0 Å². The Kier molecular flexibility index (Phi) is 6.83. The van der Waals surface area contributed by atoms with Crippen molar-refractivity contribution in [3.8, 4) is 0 Å². The van der Waals surface area contributed by atoms with Crippen LogP contribution in [0.4, 0.5) is 0 Å². The van der Waals surface area contributed by atoms with Crippen molar-refractivity contribution in [2.24, 2.45) is 5.92 Å². The van der Waals surface area contributed by atoms with Crippen molar-refractivity contribution in [3.05, 3.63) is 29.8 Å². The summed E-state index contributed by atoms with van der Waals surface area (Å²) >= 11 is 1.56. The first kappa shape index (κ1) is 15.1. The number of nitrogens with one attached hydrogen (secondary N) is 1. The summed E-state index contributed by atoms with van der Waals surface area (Å²) in [4.78, 5) is 12.8. The Balaban J connectivity index is 2.27. The molecule has 3 nitrogen and oxygen atoms in total. The maximum absolute atomic E-state index is 11.6. The number of hydrogen-bond donors (Lipinski definition) is 2. The number of thioether (sulfide) groups is 1. The van der Waals surface area contributed by atoms with Crippen LogP contribution in [-0.4, -0.2) is 29.9 Å². The lowest BCUT2D eigenvalue weighted by molar-refractivity contribution is -0.118. The van der Waals surface area contributed by atoms with Gasteiger partial charge in [0.05, 0.1) is 5.75 Å². The van der Waals surface area contributed by atoms with E-state index in [1.165, 1.54) is 5.56 Å². The van der Waals surface area contributed by atoms with E-state index in [1.54, 1.807) is 11.8 Å². The second-order valence-corrected chi connectivity index (χ2v) is 5.49. The van der Waals surface area contributed by atoms with Gasteiger partial charge in [0.2, 0.25) is 5.91 Å². The van der Waals surface area contributed by atoms with Crippen LogP contribution in [0, 0.1) is 12.8 Å². The fourth-order valence-electron chi connectivity index (χ4n) is 1.52. The van der Waals surface area contributed by atoms with Crippen LogP contribution in [0.15, 0.2) is 29.2 Å². The Bertz CT molecular complexity index is 382. The largest absolute Gasteiger partial charge is 0.396 e. The second-order valence-electron chi connectivity index (χ2n) is 4.48. The van der Waals surface area contributed by atoms with Crippen molar-refractivity contribution in [2.45, 2.75) is 25.2 Å². The molecule has 0 aromatic heterocycles. The molecule has 18 heavy (non-hydrogen) atoms. The first-order valence-electron chi connectivity index (χ1n) is 6.19. The monoisotopic (exact) mass is 267 g/mol. The zero-order valence-corrected chi connectivity index (χ0v) is 11.8. The van der Waals surface area contributed by atoms with E-state index in [9.17, 15) is 4.79 Å². The fourth-order valence-corrected chi connectivity index (χ4v) is 2.38. The van der Waals surface area contributed by atoms with Crippen LogP contribution in [0.1, 0.15) is 18.9 Å². The van der Waals surface area contributed by atoms with Crippen LogP contribution in [-0.2, 0) is 4.79 Å². The quantitative estimate of drug-likeness (QED) is 0.745. The van der Waals surface area contributed by atoms with Crippen molar-refractivity contribution < 1.29 is 9.90 Å². The molecule has 100 valence electrons. The van der Waals surface area contributed by atoms with Gasteiger partial charge in [-0.2, -0.15) is 0 Å². The van der Waals surface area contributed by atoms with Gasteiger partial charge in [-0.25, -0.2) is 0 Å². The van der Waals surface area contributed by atoms with Gasteiger partial charge in [0.15, 0.2) is 0 Å². The number of hydrogen-bond acceptors (Lipinski definition) is 3. The number of amides is 1. The Labute approximate surface area is 113 Å². The molecule has 0 saturated carbocycles. The van der Waals surface area contributed by atoms with Crippen molar-refractivity contribution >= 4 is 17.7 Å². The number of carbonyl (C=O) groups excluding carboxylic acids is 1. The summed E-state index contributed by atoms with van der Waals surface area (Å²) in [6.07, 6.45) is 0.727. The minimum atomic E-state index is 0.0491. The third-order valence-corrected chi connectivity index (χ3v) is 3.90. The van der Waals surface area contributed by atoms with Gasteiger partial charge in [-0.1, -0.05) is 25.1 Å². The minimum absolute atomic E-state index is 0.0491. The molecule has 4 heteroatoms. The van der Waals surface area contributed by atoms with Gasteiger partial charge in [-0.05, 0) is 30.9 Å². The van der Waals surface area contributed by atoms with E-state index < -0.39 is 0 Å². The maximum Gasteiger partial charge on any atom is 0.230 e. The first-order chi connectivity index (χ1) is 8.63. The molecule has 0 fully saturated rings. The molecule has 0 bridgehead atoms. The summed E-state index contributed by atoms with van der Waals surface area (Å²) < 4.78 is 0. The number of rotatable bonds is 7. The summed E-state index contributed by atoms with van der Waals surface area (Å²) in [5.41, 5.74) is 1.20. The van der Waals surface area contributed by atoms with Crippen LogP contribution in [0.5, 0.6) is 0 Å².